The second-order valence-electron chi connectivity index (χ2n) is 3.81. The Bertz CT molecular complexity index is 736. The van der Waals surface area contributed by atoms with Crippen molar-refractivity contribution in [3.63, 3.8) is 0 Å². The van der Waals surface area contributed by atoms with Gasteiger partial charge in [0.2, 0.25) is 0 Å². The van der Waals surface area contributed by atoms with E-state index in [0.29, 0.717) is 11.1 Å². The largest absolute Gasteiger partial charge is 0.288 e. The van der Waals surface area contributed by atoms with Crippen molar-refractivity contribution < 1.29 is 9.18 Å². The summed E-state index contributed by atoms with van der Waals surface area (Å²) in [6.07, 6.45) is 5.63. The number of fused-ring (bicyclic) bond motifs is 1. The van der Waals surface area contributed by atoms with E-state index in [1.165, 1.54) is 18.5 Å². The molecule has 0 aliphatic rings. The van der Waals surface area contributed by atoms with E-state index < -0.39 is 5.82 Å². The maximum atomic E-state index is 13.0. The Morgan fingerprint density at radius 2 is 2.11 bits per heavy atom. The number of hydrogen-bond acceptors (Lipinski definition) is 3. The first kappa shape index (κ1) is 10.6. The smallest absolute Gasteiger partial charge is 0.198 e. The van der Waals surface area contributed by atoms with Gasteiger partial charge in [0, 0.05) is 18.0 Å². The molecule has 3 rings (SSSR count). The van der Waals surface area contributed by atoms with Gasteiger partial charge in [-0.1, -0.05) is 6.07 Å². The van der Waals surface area contributed by atoms with E-state index in [2.05, 4.69) is 10.1 Å². The second kappa shape index (κ2) is 4.03. The molecule has 88 valence electrons. The Morgan fingerprint density at radius 3 is 2.94 bits per heavy atom. The van der Waals surface area contributed by atoms with Crippen LogP contribution in [0, 0.1) is 5.82 Å². The van der Waals surface area contributed by atoms with E-state index in [0.717, 1.165) is 6.20 Å². The summed E-state index contributed by atoms with van der Waals surface area (Å²) in [5, 5.41) is 4.07. The lowest BCUT2D eigenvalue weighted by Crippen LogP contribution is -2.02. The van der Waals surface area contributed by atoms with E-state index in [-0.39, 0.29) is 11.3 Å². The summed E-state index contributed by atoms with van der Waals surface area (Å²) < 4.78 is 14.6. The number of hydrogen-bond donors (Lipinski definition) is 0. The van der Waals surface area contributed by atoms with Gasteiger partial charge in [0.05, 0.1) is 23.5 Å². The minimum atomic E-state index is -0.530. The predicted octanol–water partition coefficient (Wildman–Crippen LogP) is 2.10. The lowest BCUT2D eigenvalue weighted by Gasteiger charge is -1.99. The Morgan fingerprint density at radius 1 is 1.22 bits per heavy atom. The lowest BCUT2D eigenvalue weighted by atomic mass is 10.1. The predicted molar refractivity (Wildman–Crippen MR) is 62.8 cm³/mol. The molecule has 3 aromatic heterocycles. The normalized spacial score (nSPS) is 10.7. The minimum absolute atomic E-state index is 0.216. The highest BCUT2D eigenvalue weighted by Gasteiger charge is 2.15. The zero-order chi connectivity index (χ0) is 12.5. The summed E-state index contributed by atoms with van der Waals surface area (Å²) in [5.41, 5.74) is 1.34. The third-order valence-corrected chi connectivity index (χ3v) is 2.64. The van der Waals surface area contributed by atoms with Crippen LogP contribution in [-0.2, 0) is 0 Å². The summed E-state index contributed by atoms with van der Waals surface area (Å²) >= 11 is 0. The molecule has 3 heterocycles. The van der Waals surface area contributed by atoms with Crippen molar-refractivity contribution in [2.45, 2.75) is 0 Å². The molecule has 3 aromatic rings. The number of halogens is 1. The van der Waals surface area contributed by atoms with Crippen LogP contribution in [0.5, 0.6) is 0 Å². The molecule has 0 amide bonds. The summed E-state index contributed by atoms with van der Waals surface area (Å²) in [4.78, 5) is 15.9. The third kappa shape index (κ3) is 1.66. The molecule has 0 bridgehead atoms. The number of carbonyl (C=O) groups excluding carboxylic acids is 1. The molecule has 0 saturated heterocycles. The van der Waals surface area contributed by atoms with Gasteiger partial charge in [-0.3, -0.25) is 9.78 Å². The maximum Gasteiger partial charge on any atom is 0.198 e. The molecule has 0 N–H and O–H groups in total. The highest BCUT2D eigenvalue weighted by atomic mass is 19.1. The first-order valence-electron chi connectivity index (χ1n) is 5.33. The zero-order valence-electron chi connectivity index (χ0n) is 9.25. The second-order valence-corrected chi connectivity index (χ2v) is 3.81. The standard InChI is InChI=1S/C13H8FN3O/c14-10-5-9(6-15-7-10)13(18)11-8-16-17-4-2-1-3-12(11)17/h1-8H. The summed E-state index contributed by atoms with van der Waals surface area (Å²) in [7, 11) is 0. The van der Waals surface area contributed by atoms with Crippen LogP contribution < -0.4 is 0 Å². The quantitative estimate of drug-likeness (QED) is 0.645. The van der Waals surface area contributed by atoms with E-state index in [4.69, 9.17) is 0 Å². The molecule has 0 aliphatic heterocycles. The molecule has 0 aliphatic carbocycles. The van der Waals surface area contributed by atoms with Gasteiger partial charge in [-0.2, -0.15) is 5.10 Å². The number of pyridine rings is 2. The number of ketones is 1. The van der Waals surface area contributed by atoms with Crippen molar-refractivity contribution in [3.8, 4) is 0 Å². The van der Waals surface area contributed by atoms with Crippen LogP contribution in [0.15, 0.2) is 49.1 Å². The first-order valence-corrected chi connectivity index (χ1v) is 5.33. The van der Waals surface area contributed by atoms with Crippen LogP contribution in [0.25, 0.3) is 5.52 Å². The van der Waals surface area contributed by atoms with Gasteiger partial charge in [0.15, 0.2) is 5.78 Å². The first-order chi connectivity index (χ1) is 8.75. The Balaban J connectivity index is 2.12. The van der Waals surface area contributed by atoms with Crippen LogP contribution in [0.4, 0.5) is 4.39 Å². The van der Waals surface area contributed by atoms with Crippen LogP contribution in [0.3, 0.4) is 0 Å². The number of nitrogens with zero attached hydrogens (tertiary/aromatic N) is 3. The molecule has 0 aromatic carbocycles. The van der Waals surface area contributed by atoms with Crippen molar-refractivity contribution in [1.82, 2.24) is 14.6 Å². The van der Waals surface area contributed by atoms with E-state index in [9.17, 15) is 9.18 Å². The molecule has 0 spiro atoms. The maximum absolute atomic E-state index is 13.0. The summed E-state index contributed by atoms with van der Waals surface area (Å²) in [6, 6.07) is 6.59. The van der Waals surface area contributed by atoms with Crippen molar-refractivity contribution in [2.24, 2.45) is 0 Å². The zero-order valence-corrected chi connectivity index (χ0v) is 9.25. The monoisotopic (exact) mass is 241 g/mol. The van der Waals surface area contributed by atoms with Crippen molar-refractivity contribution in [1.29, 1.82) is 0 Å². The summed E-state index contributed by atoms with van der Waals surface area (Å²) in [6.45, 7) is 0. The van der Waals surface area contributed by atoms with E-state index >= 15 is 0 Å². The Hall–Kier alpha value is -2.56. The molecule has 0 fully saturated rings. The number of carbonyl (C=O) groups is 1. The van der Waals surface area contributed by atoms with E-state index in [1.807, 2.05) is 12.1 Å². The molecule has 5 heteroatoms. The SMILES string of the molecule is O=C(c1cncc(F)c1)c1cnn2ccccc12. The molecule has 0 unspecified atom stereocenters. The van der Waals surface area contributed by atoms with Gasteiger partial charge in [0.25, 0.3) is 0 Å². The van der Waals surface area contributed by atoms with Crippen LogP contribution in [0.2, 0.25) is 0 Å². The van der Waals surface area contributed by atoms with Crippen LogP contribution in [0.1, 0.15) is 15.9 Å². The fourth-order valence-electron chi connectivity index (χ4n) is 1.80. The molecule has 0 atom stereocenters. The fourth-order valence-corrected chi connectivity index (χ4v) is 1.80. The Labute approximate surface area is 102 Å². The van der Waals surface area contributed by atoms with Crippen molar-refractivity contribution in [3.05, 3.63) is 66.0 Å². The van der Waals surface area contributed by atoms with Gasteiger partial charge < -0.3 is 0 Å². The molecule has 4 nitrogen and oxygen atoms in total. The van der Waals surface area contributed by atoms with Crippen molar-refractivity contribution >= 4 is 11.3 Å². The fraction of sp³-hybridized carbons (Fsp3) is 0. The van der Waals surface area contributed by atoms with Gasteiger partial charge in [-0.15, -0.1) is 0 Å². The lowest BCUT2D eigenvalue weighted by molar-refractivity contribution is 0.103. The average molecular weight is 241 g/mol. The van der Waals surface area contributed by atoms with Crippen LogP contribution >= 0.6 is 0 Å². The summed E-state index contributed by atoms with van der Waals surface area (Å²) in [5.74, 6) is -0.819. The van der Waals surface area contributed by atoms with Gasteiger partial charge >= 0.3 is 0 Å². The highest BCUT2D eigenvalue weighted by molar-refractivity contribution is 6.12. The number of aromatic nitrogens is 3. The Kier molecular flexibility index (Phi) is 2.37. The third-order valence-electron chi connectivity index (χ3n) is 2.64. The van der Waals surface area contributed by atoms with E-state index in [1.54, 1.807) is 16.8 Å². The topological polar surface area (TPSA) is 47.3 Å². The van der Waals surface area contributed by atoms with Crippen LogP contribution in [-0.4, -0.2) is 20.4 Å². The van der Waals surface area contributed by atoms with Crippen molar-refractivity contribution in [2.75, 3.05) is 0 Å². The highest BCUT2D eigenvalue weighted by Crippen LogP contribution is 2.15. The molecular weight excluding hydrogens is 233 g/mol. The molecule has 0 saturated carbocycles. The van der Waals surface area contributed by atoms with Gasteiger partial charge in [-0.05, 0) is 18.2 Å². The molecule has 18 heavy (non-hydrogen) atoms. The minimum Gasteiger partial charge on any atom is -0.288 e. The average Bonchev–Trinajstić information content (AvgIpc) is 2.82. The number of rotatable bonds is 2. The molecular formula is C13H8FN3O. The van der Waals surface area contributed by atoms with Gasteiger partial charge in [-0.25, -0.2) is 8.91 Å². The molecule has 0 radical (unpaired) electrons. The van der Waals surface area contributed by atoms with Gasteiger partial charge in [0.1, 0.15) is 5.82 Å².